The number of ketones is 1. The lowest BCUT2D eigenvalue weighted by Crippen LogP contribution is -2.29. The summed E-state index contributed by atoms with van der Waals surface area (Å²) in [6, 6.07) is 16.1. The average molecular weight is 644 g/mol. The minimum atomic E-state index is -1.01. The fraction of sp³-hybridized carbons (Fsp3) is 0.242. The topological polar surface area (TPSA) is 110 Å². The van der Waals surface area contributed by atoms with E-state index in [1.54, 1.807) is 37.3 Å². The van der Waals surface area contributed by atoms with Crippen LogP contribution in [-0.4, -0.2) is 43.0 Å². The monoisotopic (exact) mass is 643 g/mol. The SMILES string of the molecule is CCCCOc1cccc(C2C(=C(O)c3nc4c(C)cccn4c3C)C(=O)C(=O)N2c2nnc(SCc3ccc(F)cc3)s2)c1. The molecular weight excluding hydrogens is 614 g/mol. The van der Waals surface area contributed by atoms with Gasteiger partial charge < -0.3 is 14.2 Å². The highest BCUT2D eigenvalue weighted by Crippen LogP contribution is 2.45. The van der Waals surface area contributed by atoms with Gasteiger partial charge in [0.2, 0.25) is 5.13 Å². The van der Waals surface area contributed by atoms with Crippen molar-refractivity contribution >= 4 is 51.3 Å². The van der Waals surface area contributed by atoms with E-state index in [9.17, 15) is 19.1 Å². The summed E-state index contributed by atoms with van der Waals surface area (Å²) in [4.78, 5) is 33.5. The molecule has 6 rings (SSSR count). The second kappa shape index (κ2) is 12.8. The number of carbonyl (C=O) groups excluding carboxylic acids is 2. The molecule has 1 aliphatic rings. The lowest BCUT2D eigenvalue weighted by molar-refractivity contribution is -0.132. The maximum atomic E-state index is 13.8. The number of aryl methyl sites for hydroxylation is 2. The van der Waals surface area contributed by atoms with Gasteiger partial charge in [-0.3, -0.25) is 14.5 Å². The van der Waals surface area contributed by atoms with Crippen LogP contribution < -0.4 is 9.64 Å². The number of anilines is 1. The van der Waals surface area contributed by atoms with Crippen LogP contribution in [0.4, 0.5) is 9.52 Å². The molecule has 0 spiro atoms. The van der Waals surface area contributed by atoms with E-state index in [1.807, 2.05) is 35.7 Å². The van der Waals surface area contributed by atoms with Gasteiger partial charge in [-0.25, -0.2) is 9.37 Å². The molecule has 230 valence electrons. The molecule has 0 bridgehead atoms. The molecule has 1 N–H and O–H groups in total. The molecule has 1 atom stereocenters. The summed E-state index contributed by atoms with van der Waals surface area (Å²) >= 11 is 2.55. The number of rotatable bonds is 10. The highest BCUT2D eigenvalue weighted by atomic mass is 32.2. The average Bonchev–Trinajstić information content (AvgIpc) is 3.72. The normalized spacial score (nSPS) is 16.2. The molecule has 9 nitrogen and oxygen atoms in total. The third-order valence-corrected chi connectivity index (χ3v) is 9.70. The van der Waals surface area contributed by atoms with Crippen molar-refractivity contribution in [1.82, 2.24) is 19.6 Å². The van der Waals surface area contributed by atoms with E-state index < -0.39 is 17.7 Å². The molecule has 5 aromatic rings. The van der Waals surface area contributed by atoms with Crippen molar-refractivity contribution in [3.8, 4) is 5.75 Å². The number of fused-ring (bicyclic) bond motifs is 1. The molecule has 1 saturated heterocycles. The van der Waals surface area contributed by atoms with Crippen molar-refractivity contribution in [2.45, 2.75) is 49.7 Å². The van der Waals surface area contributed by atoms with E-state index in [2.05, 4.69) is 22.1 Å². The molecule has 45 heavy (non-hydrogen) atoms. The predicted molar refractivity (Wildman–Crippen MR) is 172 cm³/mol. The van der Waals surface area contributed by atoms with Crippen molar-refractivity contribution in [2.24, 2.45) is 0 Å². The summed E-state index contributed by atoms with van der Waals surface area (Å²) in [6.45, 7) is 6.31. The molecule has 4 heterocycles. The number of aromatic nitrogens is 4. The number of benzene rings is 2. The summed E-state index contributed by atoms with van der Waals surface area (Å²) in [5, 5.41) is 20.5. The number of nitrogens with zero attached hydrogens (tertiary/aromatic N) is 5. The first-order valence-electron chi connectivity index (χ1n) is 14.5. The zero-order chi connectivity index (χ0) is 31.7. The molecule has 0 saturated carbocycles. The fourth-order valence-corrected chi connectivity index (χ4v) is 7.04. The Hall–Kier alpha value is -4.55. The van der Waals surface area contributed by atoms with Crippen LogP contribution >= 0.6 is 23.1 Å². The summed E-state index contributed by atoms with van der Waals surface area (Å²) in [5.74, 6) is -1.26. The largest absolute Gasteiger partial charge is 0.505 e. The number of imidazole rings is 1. The molecule has 1 aliphatic heterocycles. The minimum absolute atomic E-state index is 0.0921. The Kier molecular flexibility index (Phi) is 8.68. The van der Waals surface area contributed by atoms with Crippen molar-refractivity contribution in [2.75, 3.05) is 11.5 Å². The maximum absolute atomic E-state index is 13.8. The summed E-state index contributed by atoms with van der Waals surface area (Å²) in [5.41, 5.74) is 3.76. The zero-order valence-corrected chi connectivity index (χ0v) is 26.5. The van der Waals surface area contributed by atoms with Gasteiger partial charge in [-0.05, 0) is 67.3 Å². The Morgan fingerprint density at radius 1 is 1.09 bits per heavy atom. The Labute approximate surface area is 267 Å². The fourth-order valence-electron chi connectivity index (χ4n) is 5.21. The van der Waals surface area contributed by atoms with Gasteiger partial charge in [-0.15, -0.1) is 10.2 Å². The number of unbranched alkanes of at least 4 members (excludes halogenated alkanes) is 1. The van der Waals surface area contributed by atoms with E-state index in [0.717, 1.165) is 35.3 Å². The summed E-state index contributed by atoms with van der Waals surface area (Å²) in [7, 11) is 0. The van der Waals surface area contributed by atoms with Crippen LogP contribution in [0, 0.1) is 19.7 Å². The van der Waals surface area contributed by atoms with Gasteiger partial charge in [-0.1, -0.05) is 66.8 Å². The zero-order valence-electron chi connectivity index (χ0n) is 24.9. The molecule has 0 radical (unpaired) electrons. The molecule has 1 fully saturated rings. The van der Waals surface area contributed by atoms with Gasteiger partial charge >= 0.3 is 5.91 Å². The van der Waals surface area contributed by atoms with Crippen molar-refractivity contribution in [1.29, 1.82) is 0 Å². The molecule has 12 heteroatoms. The second-order valence-corrected chi connectivity index (χ2v) is 12.8. The summed E-state index contributed by atoms with van der Waals surface area (Å²) in [6.07, 6.45) is 3.68. The predicted octanol–water partition coefficient (Wildman–Crippen LogP) is 7.04. The highest BCUT2D eigenvalue weighted by molar-refractivity contribution is 8.00. The smallest absolute Gasteiger partial charge is 0.301 e. The van der Waals surface area contributed by atoms with Crippen molar-refractivity contribution < 1.29 is 23.8 Å². The first-order valence-corrected chi connectivity index (χ1v) is 16.3. The number of halogens is 1. The molecular formula is C33H30FN5O4S2. The number of thioether (sulfide) groups is 1. The van der Waals surface area contributed by atoms with Crippen LogP contribution in [-0.2, 0) is 15.3 Å². The summed E-state index contributed by atoms with van der Waals surface area (Å²) < 4.78 is 21.7. The third-order valence-electron chi connectivity index (χ3n) is 7.57. The number of aliphatic hydroxyl groups is 1. The number of Topliss-reactive ketones (excluding diaryl/α,β-unsaturated/α-hetero) is 1. The van der Waals surface area contributed by atoms with Gasteiger partial charge in [0, 0.05) is 11.9 Å². The van der Waals surface area contributed by atoms with E-state index in [0.29, 0.717) is 39.4 Å². The van der Waals surface area contributed by atoms with Crippen LogP contribution in [0.2, 0.25) is 0 Å². The van der Waals surface area contributed by atoms with Crippen molar-refractivity contribution in [3.05, 3.63) is 106 Å². The van der Waals surface area contributed by atoms with E-state index in [1.165, 1.54) is 28.8 Å². The lowest BCUT2D eigenvalue weighted by atomic mass is 9.96. The number of pyridine rings is 1. The van der Waals surface area contributed by atoms with Crippen LogP contribution in [0.15, 0.2) is 76.8 Å². The molecule has 1 amide bonds. The van der Waals surface area contributed by atoms with E-state index >= 15 is 0 Å². The standard InChI is InChI=1S/C33H30FN5O4S2/c1-4-5-16-43-24-10-6-9-22(17-24)27-25(28(40)26-20(3)38-15-7-8-19(2)30(38)35-26)29(41)31(42)39(27)32-36-37-33(45-32)44-18-21-11-13-23(34)14-12-21/h6-15,17,27,40H,4-5,16,18H2,1-3H3. The minimum Gasteiger partial charge on any atom is -0.505 e. The lowest BCUT2D eigenvalue weighted by Gasteiger charge is -2.23. The Bertz CT molecular complexity index is 1940. The Morgan fingerprint density at radius 2 is 1.89 bits per heavy atom. The number of amides is 1. The third kappa shape index (κ3) is 5.95. The van der Waals surface area contributed by atoms with Crippen molar-refractivity contribution in [3.63, 3.8) is 0 Å². The van der Waals surface area contributed by atoms with E-state index in [-0.39, 0.29) is 28.0 Å². The molecule has 3 aromatic heterocycles. The van der Waals surface area contributed by atoms with Gasteiger partial charge in [0.1, 0.15) is 22.9 Å². The van der Waals surface area contributed by atoms with E-state index in [4.69, 9.17) is 4.74 Å². The highest BCUT2D eigenvalue weighted by Gasteiger charge is 2.49. The van der Waals surface area contributed by atoms with Gasteiger partial charge in [0.15, 0.2) is 10.1 Å². The maximum Gasteiger partial charge on any atom is 0.301 e. The number of aliphatic hydroxyl groups excluding tert-OH is 1. The van der Waals surface area contributed by atoms with Crippen LogP contribution in [0.5, 0.6) is 5.75 Å². The molecule has 0 aliphatic carbocycles. The van der Waals surface area contributed by atoms with Crippen LogP contribution in [0.3, 0.4) is 0 Å². The van der Waals surface area contributed by atoms with Gasteiger partial charge in [-0.2, -0.15) is 0 Å². The molecule has 1 unspecified atom stereocenters. The second-order valence-electron chi connectivity index (χ2n) is 10.6. The first kappa shape index (κ1) is 30.5. The Balaban J connectivity index is 1.43. The Morgan fingerprint density at radius 3 is 2.64 bits per heavy atom. The van der Waals surface area contributed by atoms with Crippen LogP contribution in [0.1, 0.15) is 53.9 Å². The number of carbonyl (C=O) groups is 2. The number of ether oxygens (including phenoxy) is 1. The number of hydrogen-bond donors (Lipinski definition) is 1. The van der Waals surface area contributed by atoms with Gasteiger partial charge in [0.05, 0.1) is 23.9 Å². The first-order chi connectivity index (χ1) is 21.8. The molecule has 2 aromatic carbocycles. The number of hydrogen-bond acceptors (Lipinski definition) is 9. The quantitative estimate of drug-likeness (QED) is 0.0431. The van der Waals surface area contributed by atoms with Gasteiger partial charge in [0.25, 0.3) is 5.78 Å². The van der Waals surface area contributed by atoms with Crippen LogP contribution in [0.25, 0.3) is 11.4 Å².